The van der Waals surface area contributed by atoms with E-state index in [1.54, 1.807) is 12.1 Å². The molecular weight excluding hydrogens is 252 g/mol. The van der Waals surface area contributed by atoms with E-state index in [0.29, 0.717) is 12.5 Å². The van der Waals surface area contributed by atoms with Crippen LogP contribution in [0.1, 0.15) is 30.9 Å². The van der Waals surface area contributed by atoms with Crippen LogP contribution in [0.15, 0.2) is 18.2 Å². The number of nitrogens with zero attached hydrogens (tertiary/aromatic N) is 1. The third-order valence-electron chi connectivity index (χ3n) is 4.48. The third-order valence-corrected chi connectivity index (χ3v) is 4.48. The quantitative estimate of drug-likeness (QED) is 0.819. The fourth-order valence-corrected chi connectivity index (χ4v) is 3.25. The molecule has 108 valence electrons. The summed E-state index contributed by atoms with van der Waals surface area (Å²) in [6.45, 7) is 4.55. The number of fused-ring (bicyclic) bond motifs is 1. The highest BCUT2D eigenvalue weighted by Gasteiger charge is 2.30. The highest BCUT2D eigenvalue weighted by atomic mass is 16.3. The molecule has 0 radical (unpaired) electrons. The van der Waals surface area contributed by atoms with Gasteiger partial charge in [-0.25, -0.2) is 0 Å². The average Bonchev–Trinajstić information content (AvgIpc) is 2.45. The first-order valence-corrected chi connectivity index (χ1v) is 7.46. The molecule has 0 saturated carbocycles. The highest BCUT2D eigenvalue weighted by molar-refractivity contribution is 5.82. The Morgan fingerprint density at radius 1 is 1.40 bits per heavy atom. The number of amides is 1. The lowest BCUT2D eigenvalue weighted by Gasteiger charge is -2.35. The summed E-state index contributed by atoms with van der Waals surface area (Å²) in [6.07, 6.45) is 2.96. The Morgan fingerprint density at radius 2 is 2.25 bits per heavy atom. The zero-order valence-corrected chi connectivity index (χ0v) is 11.9. The SMILES string of the molecule is CC1CCNC(C(=O)N2CCc3ccc(O)cc3C2)C1. The van der Waals surface area contributed by atoms with Crippen LogP contribution in [0.2, 0.25) is 0 Å². The lowest BCUT2D eigenvalue weighted by atomic mass is 9.92. The second-order valence-electron chi connectivity index (χ2n) is 6.10. The molecule has 1 aromatic rings. The van der Waals surface area contributed by atoms with Gasteiger partial charge < -0.3 is 15.3 Å². The van der Waals surface area contributed by atoms with E-state index in [0.717, 1.165) is 37.9 Å². The van der Waals surface area contributed by atoms with E-state index in [-0.39, 0.29) is 17.7 Å². The summed E-state index contributed by atoms with van der Waals surface area (Å²) in [4.78, 5) is 14.5. The topological polar surface area (TPSA) is 52.6 Å². The second kappa shape index (κ2) is 5.44. The molecule has 4 nitrogen and oxygen atoms in total. The zero-order valence-electron chi connectivity index (χ0n) is 11.9. The molecular formula is C16H22N2O2. The predicted octanol–water partition coefficient (Wildman–Crippen LogP) is 1.66. The van der Waals surface area contributed by atoms with Crippen molar-refractivity contribution in [2.75, 3.05) is 13.1 Å². The van der Waals surface area contributed by atoms with Gasteiger partial charge in [-0.3, -0.25) is 4.79 Å². The Morgan fingerprint density at radius 3 is 3.05 bits per heavy atom. The lowest BCUT2D eigenvalue weighted by Crippen LogP contribution is -2.51. The molecule has 0 aromatic heterocycles. The molecule has 0 bridgehead atoms. The maximum atomic E-state index is 12.6. The molecule has 2 heterocycles. The Bertz CT molecular complexity index is 515. The minimum Gasteiger partial charge on any atom is -0.508 e. The van der Waals surface area contributed by atoms with Crippen LogP contribution in [0, 0.1) is 5.92 Å². The largest absolute Gasteiger partial charge is 0.508 e. The van der Waals surface area contributed by atoms with Crippen LogP contribution in [0.25, 0.3) is 0 Å². The minimum absolute atomic E-state index is 0.0300. The molecule has 1 saturated heterocycles. The smallest absolute Gasteiger partial charge is 0.240 e. The number of carbonyl (C=O) groups is 1. The highest BCUT2D eigenvalue weighted by Crippen LogP contribution is 2.25. The standard InChI is InChI=1S/C16H22N2O2/c1-11-4-6-17-15(8-11)16(20)18-7-5-12-2-3-14(19)9-13(12)10-18/h2-3,9,11,15,17,19H,4-8,10H2,1H3. The van der Waals surface area contributed by atoms with Gasteiger partial charge in [0.15, 0.2) is 0 Å². The van der Waals surface area contributed by atoms with Crippen molar-refractivity contribution < 1.29 is 9.90 Å². The minimum atomic E-state index is -0.0300. The summed E-state index contributed by atoms with van der Waals surface area (Å²) in [6, 6.07) is 5.44. The molecule has 3 rings (SSSR count). The molecule has 2 N–H and O–H groups in total. The van der Waals surface area contributed by atoms with Gasteiger partial charge in [0, 0.05) is 13.1 Å². The molecule has 2 atom stereocenters. The van der Waals surface area contributed by atoms with Crippen molar-refractivity contribution in [2.24, 2.45) is 5.92 Å². The molecule has 2 aliphatic heterocycles. The first-order valence-electron chi connectivity index (χ1n) is 7.46. The number of phenols is 1. The summed E-state index contributed by atoms with van der Waals surface area (Å²) in [5.74, 6) is 1.11. The molecule has 2 aliphatic rings. The maximum Gasteiger partial charge on any atom is 0.240 e. The van der Waals surface area contributed by atoms with E-state index in [1.807, 2.05) is 11.0 Å². The average molecular weight is 274 g/mol. The fourth-order valence-electron chi connectivity index (χ4n) is 3.25. The first-order chi connectivity index (χ1) is 9.63. The monoisotopic (exact) mass is 274 g/mol. The van der Waals surface area contributed by atoms with Crippen LogP contribution in [0.3, 0.4) is 0 Å². The van der Waals surface area contributed by atoms with Gasteiger partial charge in [-0.15, -0.1) is 0 Å². The lowest BCUT2D eigenvalue weighted by molar-refractivity contribution is -0.135. The summed E-state index contributed by atoms with van der Waals surface area (Å²) in [5, 5.41) is 12.9. The van der Waals surface area contributed by atoms with E-state index in [9.17, 15) is 9.90 Å². The van der Waals surface area contributed by atoms with E-state index >= 15 is 0 Å². The molecule has 1 fully saturated rings. The normalized spacial score (nSPS) is 26.1. The first kappa shape index (κ1) is 13.4. The van der Waals surface area contributed by atoms with Crippen molar-refractivity contribution in [3.8, 4) is 5.75 Å². The van der Waals surface area contributed by atoms with Crippen molar-refractivity contribution >= 4 is 5.91 Å². The number of carbonyl (C=O) groups excluding carboxylic acids is 1. The summed E-state index contributed by atoms with van der Waals surface area (Å²) < 4.78 is 0. The molecule has 2 unspecified atom stereocenters. The number of aromatic hydroxyl groups is 1. The number of hydrogen-bond acceptors (Lipinski definition) is 3. The van der Waals surface area contributed by atoms with Crippen molar-refractivity contribution in [1.82, 2.24) is 10.2 Å². The second-order valence-corrected chi connectivity index (χ2v) is 6.10. The summed E-state index contributed by atoms with van der Waals surface area (Å²) >= 11 is 0. The van der Waals surface area contributed by atoms with Crippen LogP contribution in [-0.2, 0) is 17.8 Å². The van der Waals surface area contributed by atoms with Crippen molar-refractivity contribution in [2.45, 2.75) is 38.8 Å². The van der Waals surface area contributed by atoms with E-state index in [2.05, 4.69) is 12.2 Å². The summed E-state index contributed by atoms with van der Waals surface area (Å²) in [5.41, 5.74) is 2.32. The Labute approximate surface area is 119 Å². The van der Waals surface area contributed by atoms with Crippen LogP contribution < -0.4 is 5.32 Å². The van der Waals surface area contributed by atoms with Crippen LogP contribution in [0.4, 0.5) is 0 Å². The number of nitrogens with one attached hydrogen (secondary N) is 1. The summed E-state index contributed by atoms with van der Waals surface area (Å²) in [7, 11) is 0. The molecule has 1 amide bonds. The van der Waals surface area contributed by atoms with Gasteiger partial charge in [0.25, 0.3) is 0 Å². The van der Waals surface area contributed by atoms with Crippen molar-refractivity contribution in [1.29, 1.82) is 0 Å². The van der Waals surface area contributed by atoms with Gasteiger partial charge >= 0.3 is 0 Å². The number of piperidine rings is 1. The van der Waals surface area contributed by atoms with Crippen LogP contribution in [-0.4, -0.2) is 35.0 Å². The van der Waals surface area contributed by atoms with Gasteiger partial charge in [-0.05, 0) is 55.0 Å². The van der Waals surface area contributed by atoms with E-state index in [1.165, 1.54) is 5.56 Å². The number of benzene rings is 1. The third kappa shape index (κ3) is 2.66. The Kier molecular flexibility index (Phi) is 3.66. The van der Waals surface area contributed by atoms with E-state index in [4.69, 9.17) is 0 Å². The molecule has 0 aliphatic carbocycles. The predicted molar refractivity (Wildman–Crippen MR) is 77.4 cm³/mol. The fraction of sp³-hybridized carbons (Fsp3) is 0.562. The molecule has 4 heteroatoms. The van der Waals surface area contributed by atoms with Gasteiger partial charge in [-0.1, -0.05) is 13.0 Å². The van der Waals surface area contributed by atoms with Gasteiger partial charge in [0.1, 0.15) is 5.75 Å². The van der Waals surface area contributed by atoms with Gasteiger partial charge in [-0.2, -0.15) is 0 Å². The Balaban J connectivity index is 1.71. The van der Waals surface area contributed by atoms with Crippen molar-refractivity contribution in [3.05, 3.63) is 29.3 Å². The molecule has 0 spiro atoms. The van der Waals surface area contributed by atoms with Crippen LogP contribution in [0.5, 0.6) is 5.75 Å². The number of rotatable bonds is 1. The van der Waals surface area contributed by atoms with Gasteiger partial charge in [0.05, 0.1) is 6.04 Å². The van der Waals surface area contributed by atoms with E-state index < -0.39 is 0 Å². The Hall–Kier alpha value is -1.55. The zero-order chi connectivity index (χ0) is 14.1. The molecule has 1 aromatic carbocycles. The van der Waals surface area contributed by atoms with Crippen LogP contribution >= 0.6 is 0 Å². The molecule has 20 heavy (non-hydrogen) atoms. The number of hydrogen-bond donors (Lipinski definition) is 2. The van der Waals surface area contributed by atoms with Crippen molar-refractivity contribution in [3.63, 3.8) is 0 Å². The number of phenolic OH excluding ortho intramolecular Hbond substituents is 1. The van der Waals surface area contributed by atoms with Gasteiger partial charge in [0.2, 0.25) is 5.91 Å². The maximum absolute atomic E-state index is 12.6.